The Morgan fingerprint density at radius 1 is 1.07 bits per heavy atom. The van der Waals surface area contributed by atoms with Crippen LogP contribution in [-0.2, 0) is 9.59 Å². The van der Waals surface area contributed by atoms with Crippen molar-refractivity contribution in [2.75, 3.05) is 11.9 Å². The van der Waals surface area contributed by atoms with Crippen LogP contribution in [0.3, 0.4) is 0 Å². The predicted octanol–water partition coefficient (Wildman–Crippen LogP) is 2.37. The van der Waals surface area contributed by atoms with Gasteiger partial charge in [0.25, 0.3) is 5.91 Å². The first-order valence-electron chi connectivity index (χ1n) is 8.49. The van der Waals surface area contributed by atoms with Gasteiger partial charge in [0.2, 0.25) is 5.91 Å². The number of rotatable bonds is 5. The highest BCUT2D eigenvalue weighted by Crippen LogP contribution is 2.44. The molecule has 7 heteroatoms. The number of thiazole rings is 1. The van der Waals surface area contributed by atoms with E-state index in [1.165, 1.54) is 11.3 Å². The zero-order valence-electron chi connectivity index (χ0n) is 14.3. The van der Waals surface area contributed by atoms with Crippen LogP contribution in [0.4, 0.5) is 5.13 Å². The zero-order chi connectivity index (χ0) is 18.8. The lowest BCUT2D eigenvalue weighted by atomic mass is 9.95. The van der Waals surface area contributed by atoms with Crippen molar-refractivity contribution in [3.8, 4) is 11.1 Å². The number of amides is 2. The number of carbonyl (C=O) groups is 2. The normalized spacial score (nSPS) is 13.5. The molecule has 1 aliphatic carbocycles. The van der Waals surface area contributed by atoms with E-state index in [1.54, 1.807) is 11.6 Å². The number of benzene rings is 2. The van der Waals surface area contributed by atoms with Gasteiger partial charge in [0, 0.05) is 11.6 Å². The number of fused-ring (bicyclic) bond motifs is 3. The monoisotopic (exact) mass is 379 g/mol. The number of aliphatic hydroxyl groups is 1. The summed E-state index contributed by atoms with van der Waals surface area (Å²) in [7, 11) is 0. The van der Waals surface area contributed by atoms with Crippen LogP contribution in [0.1, 0.15) is 17.0 Å². The molecule has 136 valence electrons. The minimum Gasteiger partial charge on any atom is -0.394 e. The van der Waals surface area contributed by atoms with Crippen LogP contribution in [0.25, 0.3) is 11.1 Å². The van der Waals surface area contributed by atoms with Gasteiger partial charge in [0.05, 0.1) is 12.5 Å². The lowest BCUT2D eigenvalue weighted by Gasteiger charge is -2.19. The van der Waals surface area contributed by atoms with Gasteiger partial charge in [-0.05, 0) is 22.3 Å². The Bertz CT molecular complexity index is 942. The molecule has 6 nitrogen and oxygen atoms in total. The Morgan fingerprint density at radius 3 is 2.26 bits per heavy atom. The Hall–Kier alpha value is -3.03. The van der Waals surface area contributed by atoms with Gasteiger partial charge in [0.15, 0.2) is 5.13 Å². The Labute approximate surface area is 159 Å². The quantitative estimate of drug-likeness (QED) is 0.635. The third-order valence-corrected chi connectivity index (χ3v) is 5.26. The number of hydrogen-bond donors (Lipinski definition) is 3. The van der Waals surface area contributed by atoms with Crippen LogP contribution < -0.4 is 10.6 Å². The van der Waals surface area contributed by atoms with Gasteiger partial charge >= 0.3 is 0 Å². The van der Waals surface area contributed by atoms with Crippen LogP contribution >= 0.6 is 11.3 Å². The molecular formula is C20H17N3O3S. The molecule has 0 radical (unpaired) electrons. The molecule has 1 unspecified atom stereocenters. The van der Waals surface area contributed by atoms with E-state index in [4.69, 9.17) is 0 Å². The maximum atomic E-state index is 13.0. The molecule has 27 heavy (non-hydrogen) atoms. The molecular weight excluding hydrogens is 362 g/mol. The largest absolute Gasteiger partial charge is 0.394 e. The van der Waals surface area contributed by atoms with Crippen molar-refractivity contribution in [2.45, 2.75) is 12.0 Å². The number of aliphatic hydroxyl groups excluding tert-OH is 1. The molecule has 0 fully saturated rings. The minimum atomic E-state index is -1.05. The maximum absolute atomic E-state index is 13.0. The molecule has 0 spiro atoms. The van der Waals surface area contributed by atoms with Gasteiger partial charge in [-0.25, -0.2) is 4.98 Å². The number of hydrogen-bond acceptors (Lipinski definition) is 5. The van der Waals surface area contributed by atoms with E-state index in [2.05, 4.69) is 15.6 Å². The van der Waals surface area contributed by atoms with E-state index in [0.29, 0.717) is 5.13 Å². The predicted molar refractivity (Wildman–Crippen MR) is 103 cm³/mol. The highest BCUT2D eigenvalue weighted by atomic mass is 32.1. The summed E-state index contributed by atoms with van der Waals surface area (Å²) in [5.41, 5.74) is 3.82. The van der Waals surface area contributed by atoms with Crippen molar-refractivity contribution in [3.05, 3.63) is 71.2 Å². The van der Waals surface area contributed by atoms with Gasteiger partial charge < -0.3 is 15.7 Å². The summed E-state index contributed by atoms with van der Waals surface area (Å²) >= 11 is 1.27. The third-order valence-electron chi connectivity index (χ3n) is 4.57. The highest BCUT2D eigenvalue weighted by molar-refractivity contribution is 7.13. The fourth-order valence-corrected chi connectivity index (χ4v) is 3.90. The molecule has 2 amide bonds. The molecule has 1 atom stereocenters. The molecule has 0 saturated heterocycles. The summed E-state index contributed by atoms with van der Waals surface area (Å²) in [6.07, 6.45) is 1.57. The van der Waals surface area contributed by atoms with Gasteiger partial charge in [0.1, 0.15) is 6.04 Å². The van der Waals surface area contributed by atoms with Gasteiger partial charge in [-0.3, -0.25) is 9.59 Å². The minimum absolute atomic E-state index is 0.319. The van der Waals surface area contributed by atoms with Crippen molar-refractivity contribution in [1.29, 1.82) is 0 Å². The second kappa shape index (κ2) is 7.30. The van der Waals surface area contributed by atoms with Crippen LogP contribution in [0.15, 0.2) is 60.1 Å². The molecule has 0 aliphatic heterocycles. The van der Waals surface area contributed by atoms with E-state index >= 15 is 0 Å². The second-order valence-corrected chi connectivity index (χ2v) is 7.07. The van der Waals surface area contributed by atoms with Gasteiger partial charge in [-0.15, -0.1) is 11.3 Å². The molecule has 4 rings (SSSR count). The SMILES string of the molecule is O=C(Nc1nccs1)C(CO)NC(=O)C1c2ccccc2-c2ccccc21. The third kappa shape index (κ3) is 3.22. The van der Waals surface area contributed by atoms with Gasteiger partial charge in [-0.2, -0.15) is 0 Å². The molecule has 2 aromatic carbocycles. The molecule has 1 aliphatic rings. The van der Waals surface area contributed by atoms with Crippen LogP contribution in [0, 0.1) is 0 Å². The summed E-state index contributed by atoms with van der Waals surface area (Å²) in [5, 5.41) is 17.0. The Balaban J connectivity index is 1.58. The smallest absolute Gasteiger partial charge is 0.251 e. The number of nitrogens with zero attached hydrogens (tertiary/aromatic N) is 1. The van der Waals surface area contributed by atoms with Crippen molar-refractivity contribution < 1.29 is 14.7 Å². The van der Waals surface area contributed by atoms with Gasteiger partial charge in [-0.1, -0.05) is 48.5 Å². The zero-order valence-corrected chi connectivity index (χ0v) is 15.1. The summed E-state index contributed by atoms with van der Waals surface area (Å²) in [6.45, 7) is -0.501. The van der Waals surface area contributed by atoms with E-state index in [9.17, 15) is 14.7 Å². The topological polar surface area (TPSA) is 91.3 Å². The summed E-state index contributed by atoms with van der Waals surface area (Å²) in [5.74, 6) is -1.33. The first-order valence-corrected chi connectivity index (χ1v) is 9.37. The maximum Gasteiger partial charge on any atom is 0.251 e. The number of anilines is 1. The fourth-order valence-electron chi connectivity index (χ4n) is 3.36. The standard InChI is InChI=1S/C20H17N3O3S/c24-11-16(18(25)23-20-21-9-10-27-20)22-19(26)17-14-7-3-1-5-12(14)13-6-2-4-8-15(13)17/h1-10,16-17,24H,11H2,(H,22,26)(H,21,23,25). The van der Waals surface area contributed by atoms with E-state index in [0.717, 1.165) is 22.3 Å². The van der Waals surface area contributed by atoms with Crippen LogP contribution in [-0.4, -0.2) is 34.6 Å². The number of carbonyl (C=O) groups excluding carboxylic acids is 2. The first kappa shape index (κ1) is 17.4. The summed E-state index contributed by atoms with van der Waals surface area (Å²) in [6, 6.07) is 14.4. The van der Waals surface area contributed by atoms with Crippen molar-refractivity contribution in [3.63, 3.8) is 0 Å². The summed E-state index contributed by atoms with van der Waals surface area (Å²) < 4.78 is 0. The molecule has 3 N–H and O–H groups in total. The first-order chi connectivity index (χ1) is 13.2. The summed E-state index contributed by atoms with van der Waals surface area (Å²) in [4.78, 5) is 29.4. The van der Waals surface area contributed by atoms with Crippen molar-refractivity contribution >= 4 is 28.3 Å². The Kier molecular flexibility index (Phi) is 4.70. The number of nitrogens with one attached hydrogen (secondary N) is 2. The highest BCUT2D eigenvalue weighted by Gasteiger charge is 2.35. The fraction of sp³-hybridized carbons (Fsp3) is 0.150. The molecule has 1 heterocycles. The molecule has 3 aromatic rings. The Morgan fingerprint density at radius 2 is 1.70 bits per heavy atom. The number of aromatic nitrogens is 1. The lowest BCUT2D eigenvalue weighted by Crippen LogP contribution is -2.47. The van der Waals surface area contributed by atoms with E-state index < -0.39 is 24.5 Å². The second-order valence-electron chi connectivity index (χ2n) is 6.18. The average molecular weight is 379 g/mol. The molecule has 0 bridgehead atoms. The van der Waals surface area contributed by atoms with Crippen LogP contribution in [0.2, 0.25) is 0 Å². The van der Waals surface area contributed by atoms with Crippen LogP contribution in [0.5, 0.6) is 0 Å². The van der Waals surface area contributed by atoms with Crippen molar-refractivity contribution in [2.24, 2.45) is 0 Å². The molecule has 1 aromatic heterocycles. The molecule has 0 saturated carbocycles. The lowest BCUT2D eigenvalue weighted by molar-refractivity contribution is -0.127. The van der Waals surface area contributed by atoms with E-state index in [-0.39, 0.29) is 5.91 Å². The van der Waals surface area contributed by atoms with E-state index in [1.807, 2.05) is 48.5 Å². The average Bonchev–Trinajstić information content (AvgIpc) is 3.31. The van der Waals surface area contributed by atoms with Crippen molar-refractivity contribution in [1.82, 2.24) is 10.3 Å².